The van der Waals surface area contributed by atoms with Crippen LogP contribution in [-0.4, -0.2) is 46.7 Å². The van der Waals surface area contributed by atoms with E-state index in [1.807, 2.05) is 0 Å². The lowest BCUT2D eigenvalue weighted by molar-refractivity contribution is -0.290. The molecule has 7 rings (SSSR count). The van der Waals surface area contributed by atoms with Crippen LogP contribution in [0.2, 0.25) is 0 Å². The van der Waals surface area contributed by atoms with Crippen LogP contribution in [0.5, 0.6) is 0 Å². The molecule has 11 atom stereocenters. The third-order valence-corrected chi connectivity index (χ3v) is 12.4. The van der Waals surface area contributed by atoms with E-state index < -0.39 is 5.72 Å². The van der Waals surface area contributed by atoms with Crippen molar-refractivity contribution in [1.82, 2.24) is 4.90 Å². The van der Waals surface area contributed by atoms with E-state index in [0.29, 0.717) is 24.5 Å². The molecule has 1 spiro atoms. The predicted octanol–water partition coefficient (Wildman–Crippen LogP) is 4.34. The fourth-order valence-corrected chi connectivity index (χ4v) is 11.1. The predicted molar refractivity (Wildman–Crippen MR) is 127 cm³/mol. The average molecular weight is 466 g/mol. The van der Waals surface area contributed by atoms with Crippen LogP contribution >= 0.6 is 0 Å². The number of fused-ring (bicyclic) bond motifs is 7. The number of allylic oxidation sites excluding steroid dienone is 2. The summed E-state index contributed by atoms with van der Waals surface area (Å²) in [6, 6.07) is 0.284. The maximum absolute atomic E-state index is 14.0. The molecular weight excluding hydrogens is 426 g/mol. The number of carbonyl (C=O) groups excluding carboxylic acids is 3. The first-order chi connectivity index (χ1) is 15.9. The Kier molecular flexibility index (Phi) is 4.07. The van der Waals surface area contributed by atoms with Crippen LogP contribution in [0.25, 0.3) is 0 Å². The summed E-state index contributed by atoms with van der Waals surface area (Å²) in [6.45, 7) is 12.3. The Bertz CT molecular complexity index is 1060. The minimum Gasteiger partial charge on any atom is -0.355 e. The van der Waals surface area contributed by atoms with Crippen molar-refractivity contribution in [3.63, 3.8) is 0 Å². The van der Waals surface area contributed by atoms with E-state index in [-0.39, 0.29) is 63.6 Å². The van der Waals surface area contributed by atoms with Gasteiger partial charge in [-0.2, -0.15) is 0 Å². The van der Waals surface area contributed by atoms with Gasteiger partial charge in [-0.05, 0) is 73.2 Å². The van der Waals surface area contributed by atoms with Gasteiger partial charge in [0.1, 0.15) is 17.3 Å². The zero-order valence-electron chi connectivity index (χ0n) is 21.4. The Labute approximate surface area is 203 Å². The molecule has 5 nitrogen and oxygen atoms in total. The second-order valence-corrected chi connectivity index (χ2v) is 14.2. The molecule has 3 heterocycles. The third kappa shape index (κ3) is 2.29. The van der Waals surface area contributed by atoms with Crippen LogP contribution in [0.15, 0.2) is 11.6 Å². The lowest BCUT2D eigenvalue weighted by Gasteiger charge is -2.74. The Hall–Kier alpha value is -1.33. The van der Waals surface area contributed by atoms with Crippen molar-refractivity contribution < 1.29 is 19.1 Å². The minimum absolute atomic E-state index is 0.0770. The highest BCUT2D eigenvalue weighted by molar-refractivity contribution is 5.99. The van der Waals surface area contributed by atoms with Gasteiger partial charge in [0, 0.05) is 37.3 Å². The first-order valence-corrected chi connectivity index (χ1v) is 13.6. The van der Waals surface area contributed by atoms with Gasteiger partial charge < -0.3 is 4.74 Å². The Morgan fingerprint density at radius 3 is 2.53 bits per heavy atom. The van der Waals surface area contributed by atoms with Crippen molar-refractivity contribution in [2.24, 2.45) is 45.8 Å². The van der Waals surface area contributed by atoms with Crippen LogP contribution in [0.1, 0.15) is 79.6 Å². The number of hydrogen-bond acceptors (Lipinski definition) is 5. The highest BCUT2D eigenvalue weighted by Gasteiger charge is 2.78. The highest BCUT2D eigenvalue weighted by Crippen LogP contribution is 2.75. The molecule has 7 aliphatic rings. The van der Waals surface area contributed by atoms with E-state index in [9.17, 15) is 14.4 Å². The molecule has 4 aliphatic carbocycles. The summed E-state index contributed by atoms with van der Waals surface area (Å²) in [5.41, 5.74) is -0.0600. The SMILES string of the molecule is CC1=CC(=O)[C@H]2CC(=O)[C@H]3[C@@](C)(C[C@H]4N5C[C@H]6C[C@H](C)C[C@@]5(O6)[C@@H]5C[C@@]4(C)[C@@]3(C)CC5=O)[C@@H]2C1. The smallest absolute Gasteiger partial charge is 0.159 e. The number of hydrogen-bond donors (Lipinski definition) is 0. The molecule has 184 valence electrons. The molecule has 34 heavy (non-hydrogen) atoms. The summed E-state index contributed by atoms with van der Waals surface area (Å²) in [4.78, 5) is 43.7. The monoisotopic (exact) mass is 465 g/mol. The Morgan fingerprint density at radius 2 is 1.76 bits per heavy atom. The number of ketones is 3. The van der Waals surface area contributed by atoms with Crippen molar-refractivity contribution in [2.75, 3.05) is 6.54 Å². The molecule has 0 amide bonds. The fourth-order valence-electron chi connectivity index (χ4n) is 11.1. The summed E-state index contributed by atoms with van der Waals surface area (Å²) < 4.78 is 6.79. The molecule has 3 saturated heterocycles. The highest BCUT2D eigenvalue weighted by atomic mass is 16.5. The van der Waals surface area contributed by atoms with Crippen LogP contribution in [0.3, 0.4) is 0 Å². The fraction of sp³-hybridized carbons (Fsp3) is 0.828. The summed E-state index contributed by atoms with van der Waals surface area (Å²) in [5.74, 6) is 1.02. The van der Waals surface area contributed by atoms with Crippen LogP contribution in [0.4, 0.5) is 0 Å². The molecule has 6 fully saturated rings. The summed E-state index contributed by atoms with van der Waals surface area (Å²) >= 11 is 0. The second-order valence-electron chi connectivity index (χ2n) is 14.2. The Balaban J connectivity index is 1.42. The number of Topliss-reactive ketones (excluding diaryl/α,β-unsaturated/α-hetero) is 2. The van der Waals surface area contributed by atoms with Gasteiger partial charge in [0.05, 0.1) is 12.0 Å². The van der Waals surface area contributed by atoms with Gasteiger partial charge in [-0.25, -0.2) is 0 Å². The molecule has 0 aromatic rings. The average Bonchev–Trinajstić information content (AvgIpc) is 3.00. The van der Waals surface area contributed by atoms with Gasteiger partial charge in [-0.3, -0.25) is 19.3 Å². The van der Waals surface area contributed by atoms with E-state index in [0.717, 1.165) is 44.2 Å². The molecule has 5 heteroatoms. The van der Waals surface area contributed by atoms with Crippen molar-refractivity contribution in [3.05, 3.63) is 11.6 Å². The zero-order valence-corrected chi connectivity index (χ0v) is 21.4. The topological polar surface area (TPSA) is 63.7 Å². The van der Waals surface area contributed by atoms with Gasteiger partial charge in [0.2, 0.25) is 0 Å². The maximum atomic E-state index is 14.0. The Morgan fingerprint density at radius 1 is 1.00 bits per heavy atom. The normalized spacial score (nSPS) is 58.1. The van der Waals surface area contributed by atoms with Crippen molar-refractivity contribution in [3.8, 4) is 0 Å². The van der Waals surface area contributed by atoms with Gasteiger partial charge in [0.15, 0.2) is 5.78 Å². The van der Waals surface area contributed by atoms with Gasteiger partial charge in [-0.1, -0.05) is 33.3 Å². The second kappa shape index (κ2) is 6.32. The molecule has 0 radical (unpaired) electrons. The summed E-state index contributed by atoms with van der Waals surface area (Å²) in [7, 11) is 0. The molecule has 4 bridgehead atoms. The molecule has 0 aromatic carbocycles. The van der Waals surface area contributed by atoms with Crippen LogP contribution in [0, 0.1) is 45.8 Å². The largest absolute Gasteiger partial charge is 0.355 e. The summed E-state index contributed by atoms with van der Waals surface area (Å²) in [5, 5.41) is 0. The number of piperidine rings is 1. The van der Waals surface area contributed by atoms with Gasteiger partial charge in [-0.15, -0.1) is 0 Å². The maximum Gasteiger partial charge on any atom is 0.159 e. The van der Waals surface area contributed by atoms with Gasteiger partial charge in [0.25, 0.3) is 0 Å². The molecule has 3 aliphatic heterocycles. The number of ether oxygens (including phenoxy) is 1. The van der Waals surface area contributed by atoms with E-state index in [1.165, 1.54) is 0 Å². The van der Waals surface area contributed by atoms with E-state index in [2.05, 4.69) is 39.5 Å². The first-order valence-electron chi connectivity index (χ1n) is 13.6. The number of rotatable bonds is 0. The zero-order chi connectivity index (χ0) is 24.0. The van der Waals surface area contributed by atoms with Crippen LogP contribution < -0.4 is 0 Å². The quantitative estimate of drug-likeness (QED) is 0.533. The van der Waals surface area contributed by atoms with E-state index >= 15 is 0 Å². The van der Waals surface area contributed by atoms with Crippen molar-refractivity contribution in [1.29, 1.82) is 0 Å². The molecule has 0 aromatic heterocycles. The molecule has 0 N–H and O–H groups in total. The minimum atomic E-state index is -0.454. The molecule has 0 unspecified atom stereocenters. The lowest BCUT2D eigenvalue weighted by atomic mass is 9.33. The van der Waals surface area contributed by atoms with Gasteiger partial charge >= 0.3 is 0 Å². The lowest BCUT2D eigenvalue weighted by Crippen LogP contribution is -2.78. The van der Waals surface area contributed by atoms with E-state index in [4.69, 9.17) is 4.74 Å². The third-order valence-electron chi connectivity index (χ3n) is 12.4. The standard InChI is InChI=1S/C29H39NO4/c1-15-7-19-18(21(31)8-15)9-22(32)25-26(19,3)13-24-27(4)11-20(23(33)12-28(25,27)5)29-10-16(2)6-17(34-29)14-30(24)29/h8,16-20,24-25H,6-7,9-14H2,1-5H3/t16-,17+,18-,19+,20+,24+,25-,26-,27+,28-,29+/m0/s1. The van der Waals surface area contributed by atoms with Crippen LogP contribution in [-0.2, 0) is 19.1 Å². The number of carbonyl (C=O) groups is 3. The first kappa shape index (κ1) is 21.9. The number of nitrogens with zero attached hydrogens (tertiary/aromatic N) is 1. The molecule has 3 saturated carbocycles. The van der Waals surface area contributed by atoms with Crippen molar-refractivity contribution >= 4 is 17.3 Å². The van der Waals surface area contributed by atoms with Crippen molar-refractivity contribution in [2.45, 2.75) is 97.4 Å². The summed E-state index contributed by atoms with van der Waals surface area (Å²) in [6.07, 6.45) is 7.52. The molecular formula is C29H39NO4. The van der Waals surface area contributed by atoms with E-state index in [1.54, 1.807) is 6.08 Å².